The molecule has 0 saturated heterocycles. The molecule has 2 aromatic rings. The Morgan fingerprint density at radius 1 is 1.42 bits per heavy atom. The number of aromatic nitrogens is 4. The number of carboxylic acids is 1. The monoisotopic (exact) mass is 390 g/mol. The number of aryl methyl sites for hydroxylation is 3. The van der Waals surface area contributed by atoms with Crippen molar-refractivity contribution >= 4 is 17.7 Å². The lowest BCUT2D eigenvalue weighted by molar-refractivity contribution is -0.192. The minimum atomic E-state index is -5.08. The van der Waals surface area contributed by atoms with Crippen LogP contribution in [0.25, 0.3) is 0 Å². The number of fused-ring (bicyclic) bond motifs is 1. The van der Waals surface area contributed by atoms with Crippen LogP contribution >= 0.6 is 11.8 Å². The van der Waals surface area contributed by atoms with Crippen molar-refractivity contribution in [3.8, 4) is 0 Å². The van der Waals surface area contributed by atoms with Crippen molar-refractivity contribution in [3.05, 3.63) is 39.3 Å². The molecule has 2 heterocycles. The Kier molecular flexibility index (Phi) is 6.11. The maximum absolute atomic E-state index is 11.9. The number of aliphatic carboxylic acids is 1. The van der Waals surface area contributed by atoms with Crippen LogP contribution in [0.15, 0.2) is 16.3 Å². The first-order valence-electron chi connectivity index (χ1n) is 7.61. The number of H-pyrrole nitrogens is 1. The van der Waals surface area contributed by atoms with E-state index in [-0.39, 0.29) is 5.56 Å². The number of alkyl halides is 3. The zero-order valence-corrected chi connectivity index (χ0v) is 14.9. The number of nitrogens with one attached hydrogen (secondary N) is 1. The van der Waals surface area contributed by atoms with Crippen molar-refractivity contribution in [2.75, 3.05) is 0 Å². The molecule has 2 aromatic heterocycles. The molecule has 0 fully saturated rings. The third-order valence-corrected chi connectivity index (χ3v) is 4.66. The standard InChI is InChI=1S/C13H16N4OS.C2HF3O2/c1-8-11(17(2)7-14-8)6-19-13-15-10-5-3-4-9(10)12(18)16-13;3-2(4,5)1(6)7/h7H,3-6H2,1-2H3,(H,15,16,18);(H,6,7). The number of aromatic amines is 1. The maximum atomic E-state index is 11.9. The highest BCUT2D eigenvalue weighted by Gasteiger charge is 2.38. The fourth-order valence-corrected chi connectivity index (χ4v) is 3.43. The Hall–Kier alpha value is -2.30. The van der Waals surface area contributed by atoms with Gasteiger partial charge in [0.2, 0.25) is 0 Å². The smallest absolute Gasteiger partial charge is 0.475 e. The van der Waals surface area contributed by atoms with Gasteiger partial charge in [0, 0.05) is 18.4 Å². The van der Waals surface area contributed by atoms with Gasteiger partial charge in [-0.05, 0) is 26.2 Å². The van der Waals surface area contributed by atoms with Crippen LogP contribution in [-0.4, -0.2) is 36.8 Å². The van der Waals surface area contributed by atoms with E-state index in [4.69, 9.17) is 9.90 Å². The number of hydrogen-bond donors (Lipinski definition) is 2. The van der Waals surface area contributed by atoms with Crippen molar-refractivity contribution in [1.82, 2.24) is 19.5 Å². The lowest BCUT2D eigenvalue weighted by Gasteiger charge is -2.05. The number of hydrogen-bond acceptors (Lipinski definition) is 5. The Balaban J connectivity index is 0.000000298. The summed E-state index contributed by atoms with van der Waals surface area (Å²) >= 11 is 1.56. The maximum Gasteiger partial charge on any atom is 0.490 e. The fraction of sp³-hybridized carbons (Fsp3) is 0.467. The molecule has 0 saturated carbocycles. The summed E-state index contributed by atoms with van der Waals surface area (Å²) < 4.78 is 33.7. The highest BCUT2D eigenvalue weighted by molar-refractivity contribution is 7.98. The minimum Gasteiger partial charge on any atom is -0.475 e. The third-order valence-electron chi connectivity index (χ3n) is 3.78. The largest absolute Gasteiger partial charge is 0.490 e. The summed E-state index contributed by atoms with van der Waals surface area (Å²) in [7, 11) is 1.98. The van der Waals surface area contributed by atoms with Crippen molar-refractivity contribution in [2.45, 2.75) is 43.3 Å². The molecule has 26 heavy (non-hydrogen) atoms. The van der Waals surface area contributed by atoms with Gasteiger partial charge in [-0.3, -0.25) is 4.79 Å². The van der Waals surface area contributed by atoms with Crippen LogP contribution in [0.3, 0.4) is 0 Å². The van der Waals surface area contributed by atoms with Gasteiger partial charge in [-0.15, -0.1) is 0 Å². The van der Waals surface area contributed by atoms with Crippen molar-refractivity contribution in [2.24, 2.45) is 7.05 Å². The van der Waals surface area contributed by atoms with Gasteiger partial charge >= 0.3 is 12.1 Å². The normalized spacial score (nSPS) is 13.1. The third kappa shape index (κ3) is 4.87. The molecule has 0 amide bonds. The van der Waals surface area contributed by atoms with E-state index in [1.54, 1.807) is 11.8 Å². The zero-order chi connectivity index (χ0) is 19.5. The Labute approximate surface area is 150 Å². The molecule has 0 spiro atoms. The summed E-state index contributed by atoms with van der Waals surface area (Å²) in [6, 6.07) is 0. The molecule has 7 nitrogen and oxygen atoms in total. The van der Waals surface area contributed by atoms with Crippen molar-refractivity contribution in [1.29, 1.82) is 0 Å². The molecule has 0 aromatic carbocycles. The number of carboxylic acid groups (broad SMARTS) is 1. The van der Waals surface area contributed by atoms with Gasteiger partial charge in [0.15, 0.2) is 5.16 Å². The van der Waals surface area contributed by atoms with Crippen LogP contribution in [0.4, 0.5) is 13.2 Å². The predicted octanol–water partition coefficient (Wildman–Crippen LogP) is 2.23. The molecule has 1 aliphatic carbocycles. The lowest BCUT2D eigenvalue weighted by atomic mass is 10.3. The van der Waals surface area contributed by atoms with Crippen molar-refractivity contribution in [3.63, 3.8) is 0 Å². The molecule has 0 bridgehead atoms. The van der Waals surface area contributed by atoms with E-state index < -0.39 is 12.1 Å². The van der Waals surface area contributed by atoms with Gasteiger partial charge in [0.25, 0.3) is 5.56 Å². The second-order valence-corrected chi connectivity index (χ2v) is 6.59. The molecule has 1 aliphatic rings. The highest BCUT2D eigenvalue weighted by atomic mass is 32.2. The van der Waals surface area contributed by atoms with E-state index in [0.29, 0.717) is 5.16 Å². The molecule has 2 N–H and O–H groups in total. The van der Waals surface area contributed by atoms with Crippen LogP contribution in [0.2, 0.25) is 0 Å². The molecule has 0 radical (unpaired) electrons. The second-order valence-electron chi connectivity index (χ2n) is 5.63. The molecule has 142 valence electrons. The molecule has 3 rings (SSSR count). The van der Waals surface area contributed by atoms with Gasteiger partial charge in [-0.1, -0.05) is 11.8 Å². The van der Waals surface area contributed by atoms with E-state index in [1.807, 2.05) is 24.9 Å². The first kappa shape index (κ1) is 20.0. The molecular weight excluding hydrogens is 373 g/mol. The van der Waals surface area contributed by atoms with Crippen LogP contribution in [0.5, 0.6) is 0 Å². The average molecular weight is 390 g/mol. The van der Waals surface area contributed by atoms with Gasteiger partial charge in [-0.2, -0.15) is 13.2 Å². The van der Waals surface area contributed by atoms with Gasteiger partial charge in [-0.25, -0.2) is 14.8 Å². The number of imidazole rings is 1. The van der Waals surface area contributed by atoms with Gasteiger partial charge in [0.05, 0.1) is 23.4 Å². The highest BCUT2D eigenvalue weighted by Crippen LogP contribution is 2.23. The SMILES string of the molecule is Cc1ncn(C)c1CSc1nc2c(c(=O)[nH]1)CCC2.O=C(O)C(F)(F)F. The minimum absolute atomic E-state index is 0.0340. The number of nitrogens with zero attached hydrogens (tertiary/aromatic N) is 3. The second kappa shape index (κ2) is 7.94. The van der Waals surface area contributed by atoms with Gasteiger partial charge in [0.1, 0.15) is 0 Å². The summed E-state index contributed by atoms with van der Waals surface area (Å²) in [6.45, 7) is 1.99. The summed E-state index contributed by atoms with van der Waals surface area (Å²) in [4.78, 5) is 32.5. The quantitative estimate of drug-likeness (QED) is 0.616. The van der Waals surface area contributed by atoms with Crippen LogP contribution in [-0.2, 0) is 30.4 Å². The van der Waals surface area contributed by atoms with E-state index >= 15 is 0 Å². The van der Waals surface area contributed by atoms with E-state index in [0.717, 1.165) is 47.7 Å². The Bertz CT molecular complexity index is 841. The van der Waals surface area contributed by atoms with E-state index in [9.17, 15) is 18.0 Å². The average Bonchev–Trinajstić information content (AvgIpc) is 3.13. The Morgan fingerprint density at radius 2 is 2.08 bits per heavy atom. The van der Waals surface area contributed by atoms with E-state index in [1.165, 1.54) is 0 Å². The molecule has 11 heteroatoms. The number of halogens is 3. The fourth-order valence-electron chi connectivity index (χ4n) is 2.40. The number of thioether (sulfide) groups is 1. The summed E-state index contributed by atoms with van der Waals surface area (Å²) in [5.74, 6) is -1.99. The number of rotatable bonds is 3. The summed E-state index contributed by atoms with van der Waals surface area (Å²) in [6.07, 6.45) is -0.439. The van der Waals surface area contributed by atoms with Crippen molar-refractivity contribution < 1.29 is 23.1 Å². The van der Waals surface area contributed by atoms with Crippen LogP contribution in [0, 0.1) is 6.92 Å². The zero-order valence-electron chi connectivity index (χ0n) is 14.1. The Morgan fingerprint density at radius 3 is 2.62 bits per heavy atom. The van der Waals surface area contributed by atoms with E-state index in [2.05, 4.69) is 15.0 Å². The molecule has 0 aliphatic heterocycles. The number of carbonyl (C=O) groups is 1. The first-order valence-corrected chi connectivity index (χ1v) is 8.60. The first-order chi connectivity index (χ1) is 12.1. The lowest BCUT2D eigenvalue weighted by Crippen LogP contribution is -2.21. The summed E-state index contributed by atoms with van der Waals surface area (Å²) in [5.41, 5.74) is 4.08. The molecular formula is C15H17F3N4O3S. The van der Waals surface area contributed by atoms with Crippen LogP contribution < -0.4 is 5.56 Å². The summed E-state index contributed by atoms with van der Waals surface area (Å²) in [5, 5.41) is 7.84. The predicted molar refractivity (Wildman–Crippen MR) is 88.1 cm³/mol. The van der Waals surface area contributed by atoms with Gasteiger partial charge < -0.3 is 14.7 Å². The van der Waals surface area contributed by atoms with Crippen LogP contribution in [0.1, 0.15) is 29.1 Å². The topological polar surface area (TPSA) is 101 Å². The molecule has 0 unspecified atom stereocenters. The molecule has 0 atom stereocenters.